The molecule has 4 rings (SSSR count). The van der Waals surface area contributed by atoms with Crippen LogP contribution in [0.15, 0.2) is 29.5 Å². The number of nitrogens with one attached hydrogen (secondary N) is 4. The Kier molecular flexibility index (Phi) is 9.69. The van der Waals surface area contributed by atoms with Gasteiger partial charge in [0.15, 0.2) is 5.69 Å². The van der Waals surface area contributed by atoms with E-state index in [0.717, 1.165) is 56.6 Å². The Morgan fingerprint density at radius 2 is 1.82 bits per heavy atom. The quantitative estimate of drug-likeness (QED) is 0.139. The van der Waals surface area contributed by atoms with Crippen LogP contribution in [-0.4, -0.2) is 66.3 Å². The zero-order valence-electron chi connectivity index (χ0n) is 22.5. The van der Waals surface area contributed by atoms with Crippen LogP contribution in [0.1, 0.15) is 74.3 Å². The zero-order valence-corrected chi connectivity index (χ0v) is 22.5. The smallest absolute Gasteiger partial charge is 0.272 e. The molecule has 0 radical (unpaired) electrons. The zero-order chi connectivity index (χ0) is 26.9. The highest BCUT2D eigenvalue weighted by Gasteiger charge is 2.28. The fourth-order valence-corrected chi connectivity index (χ4v) is 5.59. The number of amides is 1. The minimum atomic E-state index is -0.285. The summed E-state index contributed by atoms with van der Waals surface area (Å²) in [5, 5.41) is 19.1. The molecule has 1 aliphatic carbocycles. The Labute approximate surface area is 224 Å². The Hall–Kier alpha value is -3.47. The van der Waals surface area contributed by atoms with Crippen LogP contribution in [-0.2, 0) is 0 Å². The van der Waals surface area contributed by atoms with Gasteiger partial charge in [-0.25, -0.2) is 5.43 Å². The molecular formula is C27H40N8O3. The molecule has 11 heteroatoms. The van der Waals surface area contributed by atoms with Crippen LogP contribution in [0.3, 0.4) is 0 Å². The molecule has 1 atom stereocenters. The number of methoxy groups -OCH3 is 2. The molecule has 38 heavy (non-hydrogen) atoms. The van der Waals surface area contributed by atoms with Crippen LogP contribution in [0.4, 0.5) is 0 Å². The molecule has 2 heterocycles. The summed E-state index contributed by atoms with van der Waals surface area (Å²) < 4.78 is 13.3. The predicted molar refractivity (Wildman–Crippen MR) is 145 cm³/mol. The maximum Gasteiger partial charge on any atom is 0.272 e. The lowest BCUT2D eigenvalue weighted by Crippen LogP contribution is -2.41. The standard InChI is InChI=1S/C27H40N8O3/c1-37-23-11-8-12-24(38-2)26(23)22-18-21(32-35(22)20-9-4-5-10-20)27(36)30-19(17-25(28)31-33-29)13-16-34-14-6-3-7-15-34/h8,11-12,18-20H,3-7,9-10,13-17H2,1-2H3,(H,30,36)(H3,28,29,31). The average molecular weight is 525 g/mol. The predicted octanol–water partition coefficient (Wildman–Crippen LogP) is 4.56. The maximum absolute atomic E-state index is 13.6. The molecular weight excluding hydrogens is 484 g/mol. The minimum Gasteiger partial charge on any atom is -0.496 e. The van der Waals surface area contributed by atoms with Gasteiger partial charge in [0.2, 0.25) is 0 Å². The lowest BCUT2D eigenvalue weighted by Gasteiger charge is -2.28. The van der Waals surface area contributed by atoms with E-state index in [-0.39, 0.29) is 30.2 Å². The number of amidine groups is 1. The number of nitrogens with zero attached hydrogens (tertiary/aromatic N) is 4. The van der Waals surface area contributed by atoms with Gasteiger partial charge in [0, 0.05) is 19.0 Å². The van der Waals surface area contributed by atoms with E-state index in [1.807, 2.05) is 28.9 Å². The number of carbonyl (C=O) groups excluding carboxylic acids is 1. The van der Waals surface area contributed by atoms with E-state index in [9.17, 15) is 4.79 Å². The van der Waals surface area contributed by atoms with E-state index in [0.29, 0.717) is 23.6 Å². The molecule has 4 N–H and O–H groups in total. The number of benzene rings is 1. The number of ether oxygens (including phenoxy) is 2. The van der Waals surface area contributed by atoms with Crippen molar-refractivity contribution in [2.75, 3.05) is 33.9 Å². The second kappa shape index (κ2) is 13.4. The first-order valence-electron chi connectivity index (χ1n) is 13.6. The van der Waals surface area contributed by atoms with E-state index >= 15 is 0 Å². The molecule has 11 nitrogen and oxygen atoms in total. The van der Waals surface area contributed by atoms with Gasteiger partial charge in [-0.2, -0.15) is 10.6 Å². The first-order valence-corrected chi connectivity index (χ1v) is 13.6. The molecule has 1 aliphatic heterocycles. The number of aromatic nitrogens is 2. The highest BCUT2D eigenvalue weighted by Crippen LogP contribution is 2.41. The molecule has 206 valence electrons. The van der Waals surface area contributed by atoms with E-state index < -0.39 is 0 Å². The molecule has 1 saturated heterocycles. The normalized spacial score (nSPS) is 17.1. The number of likely N-dealkylation sites (tertiary alicyclic amines) is 1. The number of piperidine rings is 1. The second-order valence-electron chi connectivity index (χ2n) is 10.1. The van der Waals surface area contributed by atoms with Crippen LogP contribution >= 0.6 is 0 Å². The first-order chi connectivity index (χ1) is 18.5. The van der Waals surface area contributed by atoms with Gasteiger partial charge in [-0.15, -0.1) is 0 Å². The summed E-state index contributed by atoms with van der Waals surface area (Å²) in [4.78, 5) is 16.0. The number of carbonyl (C=O) groups is 1. The highest BCUT2D eigenvalue weighted by molar-refractivity contribution is 5.94. The third-order valence-corrected chi connectivity index (χ3v) is 7.54. The van der Waals surface area contributed by atoms with Crippen molar-refractivity contribution in [2.45, 2.75) is 69.9 Å². The van der Waals surface area contributed by atoms with Crippen LogP contribution < -0.4 is 20.2 Å². The van der Waals surface area contributed by atoms with Crippen LogP contribution in [0.2, 0.25) is 0 Å². The van der Waals surface area contributed by atoms with Gasteiger partial charge >= 0.3 is 0 Å². The molecule has 1 amide bonds. The van der Waals surface area contributed by atoms with Crippen molar-refractivity contribution in [3.63, 3.8) is 0 Å². The van der Waals surface area contributed by atoms with Crippen LogP contribution in [0.25, 0.3) is 11.3 Å². The Morgan fingerprint density at radius 3 is 2.45 bits per heavy atom. The lowest BCUT2D eigenvalue weighted by atomic mass is 10.1. The van der Waals surface area contributed by atoms with Gasteiger partial charge in [-0.3, -0.25) is 14.9 Å². The second-order valence-corrected chi connectivity index (χ2v) is 10.1. The third-order valence-electron chi connectivity index (χ3n) is 7.54. The fourth-order valence-electron chi connectivity index (χ4n) is 5.59. The van der Waals surface area contributed by atoms with Gasteiger partial charge in [0.1, 0.15) is 17.3 Å². The van der Waals surface area contributed by atoms with E-state index in [4.69, 9.17) is 25.5 Å². The van der Waals surface area contributed by atoms with Gasteiger partial charge in [-0.1, -0.05) is 30.6 Å². The monoisotopic (exact) mass is 524 g/mol. The fraction of sp³-hybridized carbons (Fsp3) is 0.593. The van der Waals surface area contributed by atoms with Crippen molar-refractivity contribution in [3.8, 4) is 22.8 Å². The molecule has 1 aromatic carbocycles. The maximum atomic E-state index is 13.6. The molecule has 2 aromatic rings. The number of hydrogen-bond donors (Lipinski definition) is 4. The lowest BCUT2D eigenvalue weighted by molar-refractivity contribution is 0.0925. The van der Waals surface area contributed by atoms with Crippen LogP contribution in [0, 0.1) is 10.9 Å². The van der Waals surface area contributed by atoms with Crippen molar-refractivity contribution >= 4 is 11.7 Å². The van der Waals surface area contributed by atoms with Gasteiger partial charge in [0.05, 0.1) is 31.5 Å². The molecule has 1 aromatic heterocycles. The summed E-state index contributed by atoms with van der Waals surface area (Å²) in [6.07, 6.45) is 8.88. The van der Waals surface area contributed by atoms with Crippen molar-refractivity contribution in [1.29, 1.82) is 10.9 Å². The molecule has 1 saturated carbocycles. The number of hydrogen-bond acceptors (Lipinski definition) is 8. The van der Waals surface area contributed by atoms with Gasteiger partial charge in [0.25, 0.3) is 5.91 Å². The average Bonchev–Trinajstić information content (AvgIpc) is 3.62. The van der Waals surface area contributed by atoms with Gasteiger partial charge in [-0.05, 0) is 63.4 Å². The van der Waals surface area contributed by atoms with E-state index in [1.165, 1.54) is 19.3 Å². The third kappa shape index (κ3) is 6.69. The summed E-state index contributed by atoms with van der Waals surface area (Å²) in [5.74, 6) is 1.14. The molecule has 0 spiro atoms. The summed E-state index contributed by atoms with van der Waals surface area (Å²) >= 11 is 0. The summed E-state index contributed by atoms with van der Waals surface area (Å²) in [7, 11) is 3.25. The summed E-state index contributed by atoms with van der Waals surface area (Å²) in [6, 6.07) is 7.38. The van der Waals surface area contributed by atoms with Crippen molar-refractivity contribution < 1.29 is 14.3 Å². The first kappa shape index (κ1) is 27.6. The van der Waals surface area contributed by atoms with Gasteiger partial charge < -0.3 is 19.7 Å². The van der Waals surface area contributed by atoms with E-state index in [2.05, 4.69) is 20.9 Å². The SMILES string of the molecule is COc1cccc(OC)c1-c1cc(C(=O)NC(CCN2CCCCC2)CC(=N)NN=N)nn1C1CCCC1. The summed E-state index contributed by atoms with van der Waals surface area (Å²) in [6.45, 7) is 2.97. The molecule has 1 unspecified atom stereocenters. The number of rotatable bonds is 12. The van der Waals surface area contributed by atoms with Crippen molar-refractivity contribution in [3.05, 3.63) is 30.0 Å². The molecule has 2 fully saturated rings. The summed E-state index contributed by atoms with van der Waals surface area (Å²) in [5.41, 5.74) is 11.3. The highest BCUT2D eigenvalue weighted by atomic mass is 16.5. The van der Waals surface area contributed by atoms with Crippen molar-refractivity contribution in [2.24, 2.45) is 5.22 Å². The Balaban J connectivity index is 1.60. The Morgan fingerprint density at radius 1 is 1.13 bits per heavy atom. The van der Waals surface area contributed by atoms with Crippen molar-refractivity contribution in [1.82, 2.24) is 25.4 Å². The minimum absolute atomic E-state index is 0.0971. The largest absolute Gasteiger partial charge is 0.496 e. The van der Waals surface area contributed by atoms with Crippen LogP contribution in [0.5, 0.6) is 11.5 Å². The van der Waals surface area contributed by atoms with E-state index in [1.54, 1.807) is 14.2 Å². The molecule has 2 aliphatic rings. The topological polar surface area (TPSA) is 141 Å². The Bertz CT molecular complexity index is 1080. The molecule has 0 bridgehead atoms.